The monoisotopic (exact) mass is 600 g/mol. The second-order valence-electron chi connectivity index (χ2n) is 9.48. The smallest absolute Gasteiger partial charge is 0.267 e. The van der Waals surface area contributed by atoms with E-state index in [1.807, 2.05) is 54.6 Å². The fourth-order valence-corrected chi connectivity index (χ4v) is 6.94. The van der Waals surface area contributed by atoms with Gasteiger partial charge in [0.1, 0.15) is 17.2 Å². The minimum Gasteiger partial charge on any atom is -0.489 e. The third-order valence-corrected chi connectivity index (χ3v) is 9.01. The zero-order valence-electron chi connectivity index (χ0n) is 21.9. The van der Waals surface area contributed by atoms with Gasteiger partial charge in [0.05, 0.1) is 23.0 Å². The summed E-state index contributed by atoms with van der Waals surface area (Å²) in [6.45, 7) is 0.463. The Hall–Kier alpha value is -3.92. The first-order valence-electron chi connectivity index (χ1n) is 13.1. The number of aryl methyl sites for hydroxylation is 2. The van der Waals surface area contributed by atoms with E-state index in [0.717, 1.165) is 40.8 Å². The summed E-state index contributed by atoms with van der Waals surface area (Å²) in [5.41, 5.74) is 6.09. The van der Waals surface area contributed by atoms with Crippen LogP contribution in [0.15, 0.2) is 93.9 Å². The maximum absolute atomic E-state index is 13.7. The highest BCUT2D eigenvalue weighted by molar-refractivity contribution is 7.99. The number of benzene rings is 3. The molecule has 1 N–H and O–H groups in total. The lowest BCUT2D eigenvalue weighted by atomic mass is 10.2. The normalized spacial score (nSPS) is 12.6. The Balaban J connectivity index is 1.14. The van der Waals surface area contributed by atoms with Crippen molar-refractivity contribution in [3.05, 3.63) is 116 Å². The number of thiophene rings is 1. The van der Waals surface area contributed by atoms with E-state index in [1.165, 1.54) is 16.6 Å². The van der Waals surface area contributed by atoms with Crippen LogP contribution in [0.5, 0.6) is 5.75 Å². The molecule has 0 aliphatic heterocycles. The zero-order valence-corrected chi connectivity index (χ0v) is 24.3. The van der Waals surface area contributed by atoms with Gasteiger partial charge in [0.2, 0.25) is 0 Å². The van der Waals surface area contributed by atoms with Crippen molar-refractivity contribution in [1.29, 1.82) is 0 Å². The summed E-state index contributed by atoms with van der Waals surface area (Å²) in [4.78, 5) is 33.2. The molecule has 0 atom stereocenters. The SMILES string of the molecule is O=C(CSc1nc2sc3c(c2c(=O)n1-c1ccc(Cl)cc1)CCC3)NN=Cc1cccc(OCc2ccccc2)c1. The Morgan fingerprint density at radius 1 is 1.10 bits per heavy atom. The van der Waals surface area contributed by atoms with Gasteiger partial charge in [-0.3, -0.25) is 14.2 Å². The predicted molar refractivity (Wildman–Crippen MR) is 166 cm³/mol. The number of hydrogen-bond donors (Lipinski definition) is 1. The van der Waals surface area contributed by atoms with Gasteiger partial charge in [0, 0.05) is 9.90 Å². The molecule has 1 amide bonds. The highest BCUT2D eigenvalue weighted by Gasteiger charge is 2.24. The molecule has 0 unspecified atom stereocenters. The van der Waals surface area contributed by atoms with Crippen molar-refractivity contribution in [1.82, 2.24) is 15.0 Å². The number of thioether (sulfide) groups is 1. The number of rotatable bonds is 9. The highest BCUT2D eigenvalue weighted by Crippen LogP contribution is 2.36. The first kappa shape index (κ1) is 27.3. The van der Waals surface area contributed by atoms with Gasteiger partial charge in [-0.1, -0.05) is 65.8 Å². The van der Waals surface area contributed by atoms with E-state index in [0.29, 0.717) is 33.6 Å². The van der Waals surface area contributed by atoms with Crippen LogP contribution in [-0.4, -0.2) is 27.4 Å². The molecular weight excluding hydrogens is 576 g/mol. The molecule has 10 heteroatoms. The fraction of sp³-hybridized carbons (Fsp3) is 0.161. The van der Waals surface area contributed by atoms with E-state index in [9.17, 15) is 9.59 Å². The molecule has 0 spiro atoms. The number of aromatic nitrogens is 2. The summed E-state index contributed by atoms with van der Waals surface area (Å²) in [5, 5.41) is 5.82. The molecule has 6 rings (SSSR count). The van der Waals surface area contributed by atoms with Gasteiger partial charge in [-0.25, -0.2) is 10.4 Å². The molecule has 5 aromatic rings. The molecule has 1 aliphatic carbocycles. The molecule has 2 heterocycles. The molecular formula is C31H25ClN4O3S2. The van der Waals surface area contributed by atoms with Crippen LogP contribution in [-0.2, 0) is 24.2 Å². The second kappa shape index (κ2) is 12.3. The minimum atomic E-state index is -0.312. The lowest BCUT2D eigenvalue weighted by molar-refractivity contribution is -0.118. The molecule has 206 valence electrons. The van der Waals surface area contributed by atoms with Crippen molar-refractivity contribution in [2.45, 2.75) is 31.0 Å². The third kappa shape index (κ3) is 6.22. The largest absolute Gasteiger partial charge is 0.489 e. The van der Waals surface area contributed by atoms with Gasteiger partial charge in [0.15, 0.2) is 5.16 Å². The van der Waals surface area contributed by atoms with Crippen molar-refractivity contribution < 1.29 is 9.53 Å². The molecule has 0 saturated heterocycles. The number of nitrogens with one attached hydrogen (secondary N) is 1. The van der Waals surface area contributed by atoms with Gasteiger partial charge in [-0.15, -0.1) is 11.3 Å². The molecule has 7 nitrogen and oxygen atoms in total. The van der Waals surface area contributed by atoms with Crippen molar-refractivity contribution in [2.75, 3.05) is 5.75 Å². The number of nitrogens with zero attached hydrogens (tertiary/aromatic N) is 3. The van der Waals surface area contributed by atoms with Crippen molar-refractivity contribution in [2.24, 2.45) is 5.10 Å². The number of fused-ring (bicyclic) bond motifs is 3. The maximum atomic E-state index is 13.7. The van der Waals surface area contributed by atoms with Gasteiger partial charge in [-0.2, -0.15) is 5.10 Å². The Morgan fingerprint density at radius 3 is 2.76 bits per heavy atom. The van der Waals surface area contributed by atoms with E-state index in [4.69, 9.17) is 21.3 Å². The quantitative estimate of drug-likeness (QED) is 0.0914. The molecule has 2 aromatic heterocycles. The molecule has 0 saturated carbocycles. The number of amides is 1. The van der Waals surface area contributed by atoms with E-state index in [1.54, 1.807) is 46.4 Å². The number of carbonyl (C=O) groups is 1. The number of halogens is 1. The highest BCUT2D eigenvalue weighted by atomic mass is 35.5. The van der Waals surface area contributed by atoms with Crippen LogP contribution in [0.4, 0.5) is 0 Å². The number of hydrazone groups is 1. The van der Waals surface area contributed by atoms with Crippen LogP contribution in [0.25, 0.3) is 15.9 Å². The number of ether oxygens (including phenoxy) is 1. The Morgan fingerprint density at radius 2 is 1.93 bits per heavy atom. The summed E-state index contributed by atoms with van der Waals surface area (Å²) in [6.07, 6.45) is 4.49. The standard InChI is InChI=1S/C31H25ClN4O3S2/c32-22-12-14-23(15-13-22)36-30(38)28-25-10-5-11-26(25)41-29(28)34-31(36)40-19-27(37)35-33-17-21-8-4-9-24(16-21)39-18-20-6-2-1-3-7-20/h1-4,6-9,12-17H,5,10-11,18-19H2,(H,35,37). The van der Waals surface area contributed by atoms with E-state index < -0.39 is 0 Å². The third-order valence-electron chi connectivity index (χ3n) is 6.63. The number of carbonyl (C=O) groups excluding carboxylic acids is 1. The average molecular weight is 601 g/mol. The van der Waals surface area contributed by atoms with E-state index in [2.05, 4.69) is 10.5 Å². The summed E-state index contributed by atoms with van der Waals surface area (Å²) in [5.74, 6) is 0.433. The summed E-state index contributed by atoms with van der Waals surface area (Å²) >= 11 is 8.87. The van der Waals surface area contributed by atoms with Crippen molar-refractivity contribution in [3.63, 3.8) is 0 Å². The minimum absolute atomic E-state index is 0.0359. The summed E-state index contributed by atoms with van der Waals surface area (Å²) in [6, 6.07) is 24.5. The Labute approximate surface area is 249 Å². The van der Waals surface area contributed by atoms with Crippen molar-refractivity contribution >= 4 is 57.0 Å². The Kier molecular flexibility index (Phi) is 8.18. The summed E-state index contributed by atoms with van der Waals surface area (Å²) < 4.78 is 7.44. The lowest BCUT2D eigenvalue weighted by Crippen LogP contribution is -2.24. The van der Waals surface area contributed by atoms with Crippen LogP contribution in [0, 0.1) is 0 Å². The fourth-order valence-electron chi connectivity index (χ4n) is 4.71. The molecule has 0 radical (unpaired) electrons. The molecule has 0 fully saturated rings. The van der Waals surface area contributed by atoms with Gasteiger partial charge in [-0.05, 0) is 72.4 Å². The van der Waals surface area contributed by atoms with Gasteiger partial charge < -0.3 is 4.74 Å². The van der Waals surface area contributed by atoms with Crippen LogP contribution in [0.1, 0.15) is 28.0 Å². The Bertz CT molecular complexity index is 1800. The average Bonchev–Trinajstić information content (AvgIpc) is 3.58. The number of hydrogen-bond acceptors (Lipinski definition) is 7. The van der Waals surface area contributed by atoms with Crippen LogP contribution in [0.2, 0.25) is 5.02 Å². The topological polar surface area (TPSA) is 85.6 Å². The van der Waals surface area contributed by atoms with Crippen LogP contribution < -0.4 is 15.7 Å². The van der Waals surface area contributed by atoms with Crippen LogP contribution in [0.3, 0.4) is 0 Å². The maximum Gasteiger partial charge on any atom is 0.267 e. The lowest BCUT2D eigenvalue weighted by Gasteiger charge is -2.12. The molecule has 1 aliphatic rings. The van der Waals surface area contributed by atoms with E-state index in [-0.39, 0.29) is 17.2 Å². The second-order valence-corrected chi connectivity index (χ2v) is 11.9. The first-order chi connectivity index (χ1) is 20.0. The summed E-state index contributed by atoms with van der Waals surface area (Å²) in [7, 11) is 0. The molecule has 0 bridgehead atoms. The first-order valence-corrected chi connectivity index (χ1v) is 15.3. The van der Waals surface area contributed by atoms with Gasteiger partial charge >= 0.3 is 0 Å². The van der Waals surface area contributed by atoms with E-state index >= 15 is 0 Å². The zero-order chi connectivity index (χ0) is 28.2. The van der Waals surface area contributed by atoms with Crippen molar-refractivity contribution in [3.8, 4) is 11.4 Å². The predicted octanol–water partition coefficient (Wildman–Crippen LogP) is 6.41. The van der Waals surface area contributed by atoms with Gasteiger partial charge in [0.25, 0.3) is 11.5 Å². The molecule has 3 aromatic carbocycles. The molecule has 41 heavy (non-hydrogen) atoms. The van der Waals surface area contributed by atoms with Crippen LogP contribution >= 0.6 is 34.7 Å².